The second-order valence-corrected chi connectivity index (χ2v) is 5.62. The normalized spacial score (nSPS) is 10.8. The number of hydrogen-bond acceptors (Lipinski definition) is 5. The van der Waals surface area contributed by atoms with Crippen LogP contribution in [0.25, 0.3) is 0 Å². The number of anilines is 1. The summed E-state index contributed by atoms with van der Waals surface area (Å²) in [7, 11) is 0. The number of hydrogen-bond donors (Lipinski definition) is 2. The SMILES string of the molecule is Cc1noc(C)c1CC(=O)Nc1n[nH]c(CCc2ccccc2)n1. The van der Waals surface area contributed by atoms with Gasteiger partial charge in [-0.1, -0.05) is 35.5 Å². The molecule has 7 nitrogen and oxygen atoms in total. The van der Waals surface area contributed by atoms with E-state index in [1.807, 2.05) is 25.1 Å². The molecule has 0 saturated carbocycles. The number of H-pyrrole nitrogens is 1. The van der Waals surface area contributed by atoms with Crippen LogP contribution in [0.4, 0.5) is 5.95 Å². The fourth-order valence-corrected chi connectivity index (χ4v) is 2.45. The van der Waals surface area contributed by atoms with Crippen LogP contribution in [-0.4, -0.2) is 26.2 Å². The molecule has 0 radical (unpaired) electrons. The minimum atomic E-state index is -0.196. The zero-order valence-electron chi connectivity index (χ0n) is 13.7. The van der Waals surface area contributed by atoms with E-state index in [4.69, 9.17) is 4.52 Å². The van der Waals surface area contributed by atoms with Crippen LogP contribution in [-0.2, 0) is 24.1 Å². The Morgan fingerprint density at radius 1 is 1.21 bits per heavy atom. The van der Waals surface area contributed by atoms with Crippen LogP contribution in [0.2, 0.25) is 0 Å². The zero-order chi connectivity index (χ0) is 16.9. The van der Waals surface area contributed by atoms with Crippen LogP contribution in [0.15, 0.2) is 34.9 Å². The van der Waals surface area contributed by atoms with Crippen molar-refractivity contribution < 1.29 is 9.32 Å². The Morgan fingerprint density at radius 3 is 2.71 bits per heavy atom. The highest BCUT2D eigenvalue weighted by Gasteiger charge is 2.15. The molecule has 3 rings (SSSR count). The quantitative estimate of drug-likeness (QED) is 0.725. The largest absolute Gasteiger partial charge is 0.361 e. The first kappa shape index (κ1) is 15.9. The van der Waals surface area contributed by atoms with Crippen LogP contribution in [0.3, 0.4) is 0 Å². The van der Waals surface area contributed by atoms with Gasteiger partial charge in [0.05, 0.1) is 12.1 Å². The first-order chi connectivity index (χ1) is 11.6. The maximum atomic E-state index is 12.1. The zero-order valence-corrected chi connectivity index (χ0v) is 13.7. The van der Waals surface area contributed by atoms with Crippen molar-refractivity contribution in [3.05, 3.63) is 58.7 Å². The molecule has 0 unspecified atom stereocenters. The van der Waals surface area contributed by atoms with Gasteiger partial charge in [0.25, 0.3) is 0 Å². The lowest BCUT2D eigenvalue weighted by atomic mass is 10.1. The highest BCUT2D eigenvalue weighted by molar-refractivity contribution is 5.90. The summed E-state index contributed by atoms with van der Waals surface area (Å²) in [5.41, 5.74) is 2.76. The standard InChI is InChI=1S/C17H19N5O2/c1-11-14(12(2)24-22-11)10-16(23)19-17-18-15(20-21-17)9-8-13-6-4-3-5-7-13/h3-7H,8-10H2,1-2H3,(H2,18,19,20,21,23). The lowest BCUT2D eigenvalue weighted by Crippen LogP contribution is -2.16. The molecule has 0 aliphatic rings. The van der Waals surface area contributed by atoms with Crippen molar-refractivity contribution in [3.8, 4) is 0 Å². The monoisotopic (exact) mass is 325 g/mol. The predicted molar refractivity (Wildman–Crippen MR) is 88.5 cm³/mol. The lowest BCUT2D eigenvalue weighted by Gasteiger charge is -2.00. The van der Waals surface area contributed by atoms with E-state index >= 15 is 0 Å². The third-order valence-corrected chi connectivity index (χ3v) is 3.79. The third kappa shape index (κ3) is 3.87. The number of aromatic amines is 1. The molecule has 3 aromatic rings. The highest BCUT2D eigenvalue weighted by Crippen LogP contribution is 2.13. The Kier molecular flexibility index (Phi) is 4.69. The summed E-state index contributed by atoms with van der Waals surface area (Å²) in [4.78, 5) is 16.4. The lowest BCUT2D eigenvalue weighted by molar-refractivity contribution is -0.115. The van der Waals surface area contributed by atoms with Gasteiger partial charge in [-0.2, -0.15) is 4.98 Å². The molecule has 0 atom stereocenters. The minimum absolute atomic E-state index is 0.190. The number of nitrogens with zero attached hydrogens (tertiary/aromatic N) is 3. The van der Waals surface area contributed by atoms with E-state index < -0.39 is 0 Å². The van der Waals surface area contributed by atoms with Gasteiger partial charge in [-0.05, 0) is 25.8 Å². The van der Waals surface area contributed by atoms with Crippen molar-refractivity contribution in [2.45, 2.75) is 33.1 Å². The van der Waals surface area contributed by atoms with E-state index in [0.29, 0.717) is 5.76 Å². The van der Waals surface area contributed by atoms with Crippen molar-refractivity contribution in [2.24, 2.45) is 0 Å². The number of benzene rings is 1. The van der Waals surface area contributed by atoms with Gasteiger partial charge in [-0.3, -0.25) is 15.2 Å². The molecule has 7 heteroatoms. The summed E-state index contributed by atoms with van der Waals surface area (Å²) in [6, 6.07) is 10.2. The summed E-state index contributed by atoms with van der Waals surface area (Å²) < 4.78 is 5.06. The van der Waals surface area contributed by atoms with E-state index in [1.165, 1.54) is 5.56 Å². The molecular formula is C17H19N5O2. The second-order valence-electron chi connectivity index (χ2n) is 5.62. The van der Waals surface area contributed by atoms with Crippen LogP contribution >= 0.6 is 0 Å². The van der Waals surface area contributed by atoms with Crippen molar-refractivity contribution in [1.82, 2.24) is 20.3 Å². The number of aryl methyl sites for hydroxylation is 4. The first-order valence-electron chi connectivity index (χ1n) is 7.78. The summed E-state index contributed by atoms with van der Waals surface area (Å²) in [6.07, 6.45) is 1.79. The molecule has 1 aromatic carbocycles. The van der Waals surface area contributed by atoms with Crippen LogP contribution < -0.4 is 5.32 Å². The molecule has 1 amide bonds. The molecular weight excluding hydrogens is 306 g/mol. The molecule has 2 aromatic heterocycles. The fraction of sp³-hybridized carbons (Fsp3) is 0.294. The van der Waals surface area contributed by atoms with E-state index in [0.717, 1.165) is 29.9 Å². The third-order valence-electron chi connectivity index (χ3n) is 3.79. The number of carbonyl (C=O) groups excluding carboxylic acids is 1. The van der Waals surface area contributed by atoms with E-state index in [-0.39, 0.29) is 18.3 Å². The van der Waals surface area contributed by atoms with Gasteiger partial charge in [0.15, 0.2) is 0 Å². The van der Waals surface area contributed by atoms with Crippen LogP contribution in [0.1, 0.15) is 28.4 Å². The van der Waals surface area contributed by atoms with Crippen molar-refractivity contribution in [3.63, 3.8) is 0 Å². The van der Waals surface area contributed by atoms with E-state index in [9.17, 15) is 4.79 Å². The predicted octanol–water partition coefficient (Wildman–Crippen LogP) is 2.38. The number of carbonyl (C=O) groups is 1. The van der Waals surface area contributed by atoms with Gasteiger partial charge < -0.3 is 4.52 Å². The number of aromatic nitrogens is 4. The maximum absolute atomic E-state index is 12.1. The summed E-state index contributed by atoms with van der Waals surface area (Å²) in [5, 5.41) is 13.4. The van der Waals surface area contributed by atoms with Crippen molar-refractivity contribution in [2.75, 3.05) is 5.32 Å². The highest BCUT2D eigenvalue weighted by atomic mass is 16.5. The van der Waals surface area contributed by atoms with E-state index in [2.05, 4.69) is 37.8 Å². The van der Waals surface area contributed by atoms with Gasteiger partial charge >= 0.3 is 0 Å². The fourth-order valence-electron chi connectivity index (χ4n) is 2.45. The molecule has 0 spiro atoms. The molecule has 0 saturated heterocycles. The van der Waals surface area contributed by atoms with E-state index in [1.54, 1.807) is 6.92 Å². The van der Waals surface area contributed by atoms with Gasteiger partial charge in [0.1, 0.15) is 11.6 Å². The molecule has 0 aliphatic carbocycles. The molecule has 124 valence electrons. The second kappa shape index (κ2) is 7.08. The summed E-state index contributed by atoms with van der Waals surface area (Å²) >= 11 is 0. The molecule has 2 heterocycles. The van der Waals surface area contributed by atoms with Crippen LogP contribution in [0, 0.1) is 13.8 Å². The number of nitrogens with one attached hydrogen (secondary N) is 2. The average Bonchev–Trinajstić information content (AvgIpc) is 3.15. The van der Waals surface area contributed by atoms with Crippen molar-refractivity contribution in [1.29, 1.82) is 0 Å². The Labute approximate surface area is 139 Å². The molecule has 0 bridgehead atoms. The molecule has 0 aliphatic heterocycles. The Hall–Kier alpha value is -2.96. The number of rotatable bonds is 6. The molecule has 24 heavy (non-hydrogen) atoms. The Morgan fingerprint density at radius 2 is 2.00 bits per heavy atom. The van der Waals surface area contributed by atoms with Crippen molar-refractivity contribution >= 4 is 11.9 Å². The molecule has 0 fully saturated rings. The number of amides is 1. The average molecular weight is 325 g/mol. The van der Waals surface area contributed by atoms with Crippen LogP contribution in [0.5, 0.6) is 0 Å². The molecule has 2 N–H and O–H groups in total. The first-order valence-corrected chi connectivity index (χ1v) is 7.78. The Balaban J connectivity index is 1.55. The Bertz CT molecular complexity index is 803. The van der Waals surface area contributed by atoms with Gasteiger partial charge in [-0.15, -0.1) is 5.10 Å². The van der Waals surface area contributed by atoms with Gasteiger partial charge in [0.2, 0.25) is 11.9 Å². The topological polar surface area (TPSA) is 96.7 Å². The maximum Gasteiger partial charge on any atom is 0.248 e. The van der Waals surface area contributed by atoms with Gasteiger partial charge in [-0.25, -0.2) is 0 Å². The summed E-state index contributed by atoms with van der Waals surface area (Å²) in [6.45, 7) is 3.60. The van der Waals surface area contributed by atoms with Gasteiger partial charge in [0, 0.05) is 12.0 Å². The smallest absolute Gasteiger partial charge is 0.248 e. The summed E-state index contributed by atoms with van der Waals surface area (Å²) in [5.74, 6) is 1.49. The minimum Gasteiger partial charge on any atom is -0.361 e.